The van der Waals surface area contributed by atoms with Crippen LogP contribution in [0.1, 0.15) is 48.2 Å². The maximum atomic E-state index is 13.5. The lowest BCUT2D eigenvalue weighted by atomic mass is 10.2. The van der Waals surface area contributed by atoms with Crippen LogP contribution in [0, 0.1) is 22.7 Å². The highest BCUT2D eigenvalue weighted by Gasteiger charge is 2.42. The molecule has 1 fully saturated rings. The van der Waals surface area contributed by atoms with Gasteiger partial charge in [0.1, 0.15) is 23.3 Å². The monoisotopic (exact) mass is 763 g/mol. The summed E-state index contributed by atoms with van der Waals surface area (Å²) in [7, 11) is -7.00. The molecule has 1 aliphatic rings. The standard InChI is InChI=1S/C17H18F3N5O2S.C11H6ClF3N4O2S/c1-28(26,27)12-6-7-14(22-11-12)25-16(24-8-4-2-3-5-9-24)13(10-21)15(23-25)17(18,19)20;1-22(20,21)6-2-3-8(17-5-6)19-10(12)7(4-16)9(18-19)11(13,14)15/h6-7,11H,2-5,8-9H2,1H3;2-3,5H,1H3. The fourth-order valence-electron chi connectivity index (χ4n) is 4.73. The zero-order valence-corrected chi connectivity index (χ0v) is 28.2. The van der Waals surface area contributed by atoms with Gasteiger partial charge in [0.05, 0.1) is 9.79 Å². The van der Waals surface area contributed by atoms with Crippen LogP contribution in [-0.4, -0.2) is 72.0 Å². The van der Waals surface area contributed by atoms with E-state index in [0.29, 0.717) is 17.8 Å². The van der Waals surface area contributed by atoms with E-state index in [4.69, 9.17) is 16.9 Å². The number of aromatic nitrogens is 6. The molecule has 0 aliphatic carbocycles. The van der Waals surface area contributed by atoms with E-state index in [1.165, 1.54) is 18.2 Å². The lowest BCUT2D eigenvalue weighted by Crippen LogP contribution is -2.27. The van der Waals surface area contributed by atoms with Crippen molar-refractivity contribution in [3.05, 3.63) is 64.3 Å². The molecule has 4 aromatic heterocycles. The summed E-state index contributed by atoms with van der Waals surface area (Å²) in [6, 6.07) is 7.80. The number of nitrogens with zero attached hydrogens (tertiary/aromatic N) is 9. The zero-order chi connectivity index (χ0) is 37.2. The Hall–Kier alpha value is -4.73. The first-order valence-electron chi connectivity index (χ1n) is 14.1. The highest BCUT2D eigenvalue weighted by atomic mass is 35.5. The average Bonchev–Trinajstić information content (AvgIpc) is 3.47. The Morgan fingerprint density at radius 1 is 0.700 bits per heavy atom. The molecule has 0 amide bonds. The van der Waals surface area contributed by atoms with Gasteiger partial charge in [-0.2, -0.15) is 51.7 Å². The smallest absolute Gasteiger partial charge is 0.355 e. The first kappa shape index (κ1) is 38.1. The van der Waals surface area contributed by atoms with E-state index in [9.17, 15) is 48.4 Å². The normalized spacial score (nSPS) is 14.3. The molecule has 0 atom stereocenters. The third-order valence-electron chi connectivity index (χ3n) is 7.09. The largest absolute Gasteiger partial charge is 0.436 e. The predicted octanol–water partition coefficient (Wildman–Crippen LogP) is 5.16. The van der Waals surface area contributed by atoms with Crippen LogP contribution in [0.5, 0.6) is 0 Å². The molecule has 50 heavy (non-hydrogen) atoms. The Morgan fingerprint density at radius 3 is 1.48 bits per heavy atom. The molecule has 0 saturated carbocycles. The van der Waals surface area contributed by atoms with Crippen molar-refractivity contribution < 1.29 is 43.2 Å². The average molecular weight is 764 g/mol. The van der Waals surface area contributed by atoms with Crippen molar-refractivity contribution in [2.45, 2.75) is 47.8 Å². The molecule has 1 saturated heterocycles. The molecule has 5 rings (SSSR count). The first-order valence-corrected chi connectivity index (χ1v) is 18.3. The number of anilines is 1. The minimum atomic E-state index is -4.85. The second kappa shape index (κ2) is 14.2. The van der Waals surface area contributed by atoms with E-state index in [1.54, 1.807) is 11.0 Å². The quantitative estimate of drug-likeness (QED) is 0.245. The Bertz CT molecular complexity index is 2180. The van der Waals surface area contributed by atoms with Gasteiger partial charge in [0.2, 0.25) is 0 Å². The van der Waals surface area contributed by atoms with Crippen molar-refractivity contribution in [3.63, 3.8) is 0 Å². The van der Waals surface area contributed by atoms with Gasteiger partial charge < -0.3 is 4.90 Å². The third kappa shape index (κ3) is 8.34. The summed E-state index contributed by atoms with van der Waals surface area (Å²) in [5.41, 5.74) is -4.09. The van der Waals surface area contributed by atoms with Crippen molar-refractivity contribution in [2.24, 2.45) is 0 Å². The molecule has 4 aromatic rings. The molecule has 1 aliphatic heterocycles. The number of nitriles is 2. The molecule has 0 spiro atoms. The Morgan fingerprint density at radius 2 is 1.12 bits per heavy atom. The van der Waals surface area contributed by atoms with Gasteiger partial charge in [-0.3, -0.25) is 0 Å². The molecule has 5 heterocycles. The van der Waals surface area contributed by atoms with Gasteiger partial charge in [-0.25, -0.2) is 31.5 Å². The maximum absolute atomic E-state index is 13.5. The van der Waals surface area contributed by atoms with E-state index in [1.807, 2.05) is 0 Å². The van der Waals surface area contributed by atoms with Gasteiger partial charge >= 0.3 is 12.4 Å². The predicted molar refractivity (Wildman–Crippen MR) is 164 cm³/mol. The number of sulfone groups is 2. The Labute approximate surface area is 286 Å². The van der Waals surface area contributed by atoms with Gasteiger partial charge in [-0.1, -0.05) is 24.4 Å². The van der Waals surface area contributed by atoms with Gasteiger partial charge in [0.25, 0.3) is 0 Å². The van der Waals surface area contributed by atoms with Crippen molar-refractivity contribution >= 4 is 37.1 Å². The molecule has 13 nitrogen and oxygen atoms in total. The van der Waals surface area contributed by atoms with Crippen LogP contribution < -0.4 is 4.90 Å². The van der Waals surface area contributed by atoms with Crippen molar-refractivity contribution in [1.82, 2.24) is 29.5 Å². The van der Waals surface area contributed by atoms with E-state index >= 15 is 0 Å². The van der Waals surface area contributed by atoms with Crippen LogP contribution in [0.15, 0.2) is 46.5 Å². The molecule has 0 aromatic carbocycles. The molecule has 0 N–H and O–H groups in total. The van der Waals surface area contributed by atoms with Crippen molar-refractivity contribution in [1.29, 1.82) is 10.5 Å². The molecule has 22 heteroatoms. The van der Waals surface area contributed by atoms with Crippen molar-refractivity contribution in [2.75, 3.05) is 30.5 Å². The minimum absolute atomic E-state index is 0.0126. The van der Waals surface area contributed by atoms with Gasteiger partial charge in [-0.05, 0) is 37.1 Å². The summed E-state index contributed by atoms with van der Waals surface area (Å²) >= 11 is 5.72. The van der Waals surface area contributed by atoms with Crippen LogP contribution in [0.3, 0.4) is 0 Å². The number of pyridine rings is 2. The van der Waals surface area contributed by atoms with Crippen molar-refractivity contribution in [3.8, 4) is 23.8 Å². The summed E-state index contributed by atoms with van der Waals surface area (Å²) in [5.74, 6) is -0.0978. The number of alkyl halides is 6. The minimum Gasteiger partial charge on any atom is -0.355 e. The maximum Gasteiger partial charge on any atom is 0.436 e. The molecule has 0 bridgehead atoms. The van der Waals surface area contributed by atoms with Gasteiger partial charge in [-0.15, -0.1) is 0 Å². The highest BCUT2D eigenvalue weighted by Crippen LogP contribution is 2.38. The van der Waals surface area contributed by atoms with Crippen LogP contribution in [0.2, 0.25) is 5.15 Å². The van der Waals surface area contributed by atoms with E-state index in [0.717, 1.165) is 67.4 Å². The van der Waals surface area contributed by atoms with Gasteiger partial charge in [0, 0.05) is 38.0 Å². The highest BCUT2D eigenvalue weighted by molar-refractivity contribution is 7.91. The van der Waals surface area contributed by atoms with Gasteiger partial charge in [0.15, 0.2) is 53.7 Å². The van der Waals surface area contributed by atoms with E-state index in [-0.39, 0.29) is 27.2 Å². The topological polar surface area (TPSA) is 181 Å². The van der Waals surface area contributed by atoms with Crippen LogP contribution in [0.4, 0.5) is 32.2 Å². The van der Waals surface area contributed by atoms with E-state index < -0.39 is 59.7 Å². The Kier molecular flexibility index (Phi) is 10.9. The second-order valence-corrected chi connectivity index (χ2v) is 15.1. The van der Waals surface area contributed by atoms with Crippen LogP contribution >= 0.6 is 11.6 Å². The first-order chi connectivity index (χ1) is 23.2. The summed E-state index contributed by atoms with van der Waals surface area (Å²) in [4.78, 5) is 9.24. The lowest BCUT2D eigenvalue weighted by Gasteiger charge is -2.23. The Balaban J connectivity index is 0.000000232. The number of halogens is 7. The summed E-state index contributed by atoms with van der Waals surface area (Å²) in [6.07, 6.45) is -2.17. The van der Waals surface area contributed by atoms with E-state index in [2.05, 4.69) is 20.2 Å². The number of hydrogen-bond donors (Lipinski definition) is 0. The molecule has 0 radical (unpaired) electrons. The summed E-state index contributed by atoms with van der Waals surface area (Å²) in [5, 5.41) is 24.5. The lowest BCUT2D eigenvalue weighted by molar-refractivity contribution is -0.142. The summed E-state index contributed by atoms with van der Waals surface area (Å²) < 4.78 is 126. The summed E-state index contributed by atoms with van der Waals surface area (Å²) in [6.45, 7) is 0.998. The number of hydrogen-bond acceptors (Lipinski definition) is 11. The SMILES string of the molecule is CS(=O)(=O)c1ccc(-n2nc(C(F)(F)F)c(C#N)c2Cl)nc1.CS(=O)(=O)c1ccc(-n2nc(C(F)(F)F)c(C#N)c2N2CCCCCC2)nc1. The van der Waals surface area contributed by atoms with Crippen LogP contribution in [0.25, 0.3) is 11.6 Å². The molecular weight excluding hydrogens is 740 g/mol. The number of rotatable bonds is 5. The fourth-order valence-corrected chi connectivity index (χ4v) is 6.10. The van der Waals surface area contributed by atoms with Crippen LogP contribution in [-0.2, 0) is 32.0 Å². The molecular formula is C28H24ClF6N9O4S2. The molecule has 0 unspecified atom stereocenters. The third-order valence-corrected chi connectivity index (χ3v) is 9.63. The zero-order valence-electron chi connectivity index (χ0n) is 25.8. The molecule has 266 valence electrons. The second-order valence-electron chi connectivity index (χ2n) is 10.8. The fraction of sp³-hybridized carbons (Fsp3) is 0.357.